The lowest BCUT2D eigenvalue weighted by Crippen LogP contribution is -2.12. The molecule has 0 aliphatic heterocycles. The van der Waals surface area contributed by atoms with Crippen LogP contribution in [0.15, 0.2) is 69.7 Å². The fourth-order valence-corrected chi connectivity index (χ4v) is 3.76. The van der Waals surface area contributed by atoms with Crippen molar-refractivity contribution in [2.75, 3.05) is 12.4 Å². The van der Waals surface area contributed by atoms with Crippen LogP contribution in [0.5, 0.6) is 11.5 Å². The molecule has 4 aromatic rings. The zero-order valence-corrected chi connectivity index (χ0v) is 20.4. The highest BCUT2D eigenvalue weighted by atomic mass is 79.9. The Bertz CT molecular complexity index is 1290. The molecule has 0 unspecified atom stereocenters. The lowest BCUT2D eigenvalue weighted by atomic mass is 10.2. The van der Waals surface area contributed by atoms with Crippen LogP contribution in [-0.2, 0) is 13.2 Å². The highest BCUT2D eigenvalue weighted by Gasteiger charge is 2.16. The van der Waals surface area contributed by atoms with Gasteiger partial charge >= 0.3 is 0 Å². The Hall–Kier alpha value is -2.94. The molecule has 0 bridgehead atoms. The minimum Gasteiger partial charge on any atom is -0.493 e. The summed E-state index contributed by atoms with van der Waals surface area (Å²) in [6.07, 6.45) is 1.76. The van der Waals surface area contributed by atoms with E-state index in [2.05, 4.69) is 26.3 Å². The van der Waals surface area contributed by atoms with E-state index < -0.39 is 5.91 Å². The number of methoxy groups -OCH3 is 1. The normalized spacial score (nSPS) is 10.8. The number of ether oxygens (including phenoxy) is 2. The summed E-state index contributed by atoms with van der Waals surface area (Å²) in [5.41, 5.74) is 0.919. The third kappa shape index (κ3) is 5.71. The number of nitrogens with one attached hydrogen (secondary N) is 1. The number of carbonyl (C=O) groups is 1. The summed E-state index contributed by atoms with van der Waals surface area (Å²) in [6, 6.07) is 15.9. The molecule has 0 fully saturated rings. The van der Waals surface area contributed by atoms with E-state index in [0.29, 0.717) is 44.1 Å². The van der Waals surface area contributed by atoms with Crippen molar-refractivity contribution in [2.45, 2.75) is 13.2 Å². The van der Waals surface area contributed by atoms with Gasteiger partial charge in [-0.2, -0.15) is 5.10 Å². The molecule has 4 rings (SSSR count). The van der Waals surface area contributed by atoms with Crippen LogP contribution in [0.1, 0.15) is 21.9 Å². The van der Waals surface area contributed by atoms with Crippen LogP contribution in [-0.4, -0.2) is 22.8 Å². The van der Waals surface area contributed by atoms with Crippen LogP contribution >= 0.6 is 39.1 Å². The molecule has 0 atom stereocenters. The van der Waals surface area contributed by atoms with Crippen molar-refractivity contribution in [3.63, 3.8) is 0 Å². The molecular weight excluding hydrogens is 533 g/mol. The summed E-state index contributed by atoms with van der Waals surface area (Å²) in [5, 5.41) is 8.10. The second-order valence-electron chi connectivity index (χ2n) is 6.93. The standard InChI is InChI=1S/C23H18BrCl2N3O4/c1-31-19-4-2-3-5-20(19)32-13-15-7-9-21(33-15)23(30)27-22-16(24)12-29(28-22)11-14-6-8-17(25)18(26)10-14/h2-10,12H,11,13H2,1H3,(H,27,28,30). The minimum absolute atomic E-state index is 0.138. The summed E-state index contributed by atoms with van der Waals surface area (Å²) in [5.74, 6) is 1.76. The Labute approximate surface area is 208 Å². The third-order valence-electron chi connectivity index (χ3n) is 4.60. The van der Waals surface area contributed by atoms with Crippen LogP contribution in [0.3, 0.4) is 0 Å². The van der Waals surface area contributed by atoms with Crippen molar-refractivity contribution in [2.24, 2.45) is 0 Å². The smallest absolute Gasteiger partial charge is 0.292 e. The first-order chi connectivity index (χ1) is 15.9. The molecule has 0 aliphatic rings. The van der Waals surface area contributed by atoms with Crippen molar-refractivity contribution in [3.8, 4) is 11.5 Å². The average molecular weight is 551 g/mol. The zero-order chi connectivity index (χ0) is 23.4. The van der Waals surface area contributed by atoms with E-state index in [4.69, 9.17) is 37.1 Å². The van der Waals surface area contributed by atoms with E-state index in [-0.39, 0.29) is 12.4 Å². The predicted octanol–water partition coefficient (Wildman–Crippen LogP) is 6.43. The number of amides is 1. The molecule has 0 spiro atoms. The van der Waals surface area contributed by atoms with Crippen molar-refractivity contribution in [1.29, 1.82) is 0 Å². The van der Waals surface area contributed by atoms with Gasteiger partial charge in [0.1, 0.15) is 12.4 Å². The number of benzene rings is 2. The van der Waals surface area contributed by atoms with Crippen molar-refractivity contribution in [3.05, 3.63) is 92.4 Å². The van der Waals surface area contributed by atoms with Gasteiger partial charge in [0.05, 0.1) is 28.2 Å². The van der Waals surface area contributed by atoms with Gasteiger partial charge in [-0.15, -0.1) is 0 Å². The van der Waals surface area contributed by atoms with Crippen molar-refractivity contribution >= 4 is 50.9 Å². The van der Waals surface area contributed by atoms with Crippen molar-refractivity contribution < 1.29 is 18.7 Å². The SMILES string of the molecule is COc1ccccc1OCc1ccc(C(=O)Nc2nn(Cc3ccc(Cl)c(Cl)c3)cc2Br)o1. The number of halogens is 3. The Kier molecular flexibility index (Phi) is 7.27. The topological polar surface area (TPSA) is 78.5 Å². The zero-order valence-electron chi connectivity index (χ0n) is 17.3. The summed E-state index contributed by atoms with van der Waals surface area (Å²) < 4.78 is 18.9. The number of rotatable bonds is 8. The molecular formula is C23H18BrCl2N3O4. The fourth-order valence-electron chi connectivity index (χ4n) is 3.02. The van der Waals surface area contributed by atoms with Gasteiger partial charge in [0.15, 0.2) is 23.1 Å². The molecule has 1 amide bonds. The molecule has 33 heavy (non-hydrogen) atoms. The maximum Gasteiger partial charge on any atom is 0.292 e. The van der Waals surface area contributed by atoms with E-state index in [1.54, 1.807) is 54.4 Å². The molecule has 10 heteroatoms. The summed E-state index contributed by atoms with van der Waals surface area (Å²) in [7, 11) is 1.57. The molecule has 0 radical (unpaired) electrons. The number of carbonyl (C=O) groups excluding carboxylic acids is 1. The van der Waals surface area contributed by atoms with Crippen LogP contribution in [0.4, 0.5) is 5.82 Å². The molecule has 2 heterocycles. The maximum atomic E-state index is 12.6. The van der Waals surface area contributed by atoms with Gasteiger partial charge in [-0.25, -0.2) is 0 Å². The fraction of sp³-hybridized carbons (Fsp3) is 0.130. The summed E-state index contributed by atoms with van der Waals surface area (Å²) in [6.45, 7) is 0.603. The highest BCUT2D eigenvalue weighted by molar-refractivity contribution is 9.10. The molecule has 2 aromatic carbocycles. The number of hydrogen-bond acceptors (Lipinski definition) is 5. The highest BCUT2D eigenvalue weighted by Crippen LogP contribution is 2.27. The lowest BCUT2D eigenvalue weighted by Gasteiger charge is -2.08. The largest absolute Gasteiger partial charge is 0.493 e. The van der Waals surface area contributed by atoms with Crippen LogP contribution in [0.25, 0.3) is 0 Å². The van der Waals surface area contributed by atoms with Crippen LogP contribution in [0.2, 0.25) is 10.0 Å². The Morgan fingerprint density at radius 3 is 2.67 bits per heavy atom. The number of para-hydroxylation sites is 2. The minimum atomic E-state index is -0.431. The number of aromatic nitrogens is 2. The van der Waals surface area contributed by atoms with Gasteiger partial charge in [-0.05, 0) is 57.9 Å². The average Bonchev–Trinajstić information content (AvgIpc) is 3.41. The predicted molar refractivity (Wildman–Crippen MR) is 129 cm³/mol. The second-order valence-corrected chi connectivity index (χ2v) is 8.60. The van der Waals surface area contributed by atoms with E-state index >= 15 is 0 Å². The first-order valence-corrected chi connectivity index (χ1v) is 11.3. The van der Waals surface area contributed by atoms with E-state index in [0.717, 1.165) is 5.56 Å². The van der Waals surface area contributed by atoms with E-state index in [9.17, 15) is 4.79 Å². The molecule has 7 nitrogen and oxygen atoms in total. The summed E-state index contributed by atoms with van der Waals surface area (Å²) >= 11 is 15.5. The molecule has 0 saturated heterocycles. The number of nitrogens with zero attached hydrogens (tertiary/aromatic N) is 2. The van der Waals surface area contributed by atoms with Crippen LogP contribution in [0, 0.1) is 0 Å². The van der Waals surface area contributed by atoms with Gasteiger partial charge in [0, 0.05) is 6.20 Å². The van der Waals surface area contributed by atoms with Gasteiger partial charge < -0.3 is 19.2 Å². The molecule has 2 aromatic heterocycles. The number of anilines is 1. The number of hydrogen-bond donors (Lipinski definition) is 1. The molecule has 0 saturated carbocycles. The molecule has 170 valence electrons. The number of furan rings is 1. The lowest BCUT2D eigenvalue weighted by molar-refractivity contribution is 0.0992. The first kappa shape index (κ1) is 23.2. The Balaban J connectivity index is 1.38. The van der Waals surface area contributed by atoms with E-state index in [1.165, 1.54) is 0 Å². The monoisotopic (exact) mass is 549 g/mol. The Morgan fingerprint density at radius 2 is 1.91 bits per heavy atom. The van der Waals surface area contributed by atoms with Crippen molar-refractivity contribution in [1.82, 2.24) is 9.78 Å². The maximum absolute atomic E-state index is 12.6. The van der Waals surface area contributed by atoms with Crippen LogP contribution < -0.4 is 14.8 Å². The van der Waals surface area contributed by atoms with Gasteiger partial charge in [0.2, 0.25) is 0 Å². The van der Waals surface area contributed by atoms with Gasteiger partial charge in [-0.1, -0.05) is 41.4 Å². The summed E-state index contributed by atoms with van der Waals surface area (Å²) in [4.78, 5) is 12.6. The Morgan fingerprint density at radius 1 is 1.12 bits per heavy atom. The second kappa shape index (κ2) is 10.3. The van der Waals surface area contributed by atoms with Gasteiger partial charge in [-0.3, -0.25) is 9.48 Å². The quantitative estimate of drug-likeness (QED) is 0.273. The van der Waals surface area contributed by atoms with Gasteiger partial charge in [0.25, 0.3) is 5.91 Å². The molecule has 1 N–H and O–H groups in total. The first-order valence-electron chi connectivity index (χ1n) is 9.75. The van der Waals surface area contributed by atoms with E-state index in [1.807, 2.05) is 18.2 Å². The third-order valence-corrected chi connectivity index (χ3v) is 5.92. The molecule has 0 aliphatic carbocycles.